The van der Waals surface area contributed by atoms with Gasteiger partial charge in [0, 0.05) is 23.4 Å². The standard InChI is InChI=1S/C16H9ClF3N3O/c17-12-5-4-9(7-11(12)16(18,19)20)15-10(8-14(24)22-23-15)13-3-1-2-6-21-13/h1-8H,(H,22,24). The van der Waals surface area contributed by atoms with E-state index in [0.29, 0.717) is 11.3 Å². The van der Waals surface area contributed by atoms with Gasteiger partial charge in [0.05, 0.1) is 16.3 Å². The Kier molecular flexibility index (Phi) is 4.11. The van der Waals surface area contributed by atoms with Gasteiger partial charge in [-0.3, -0.25) is 9.78 Å². The van der Waals surface area contributed by atoms with Gasteiger partial charge in [0.1, 0.15) is 5.69 Å². The summed E-state index contributed by atoms with van der Waals surface area (Å²) < 4.78 is 39.2. The van der Waals surface area contributed by atoms with Crippen molar-refractivity contribution in [1.82, 2.24) is 15.2 Å². The van der Waals surface area contributed by atoms with E-state index in [9.17, 15) is 18.0 Å². The number of alkyl halides is 3. The molecule has 1 N–H and O–H groups in total. The van der Waals surface area contributed by atoms with E-state index in [2.05, 4.69) is 15.2 Å². The molecule has 122 valence electrons. The topological polar surface area (TPSA) is 58.6 Å². The molecule has 0 bridgehead atoms. The second-order valence-corrected chi connectivity index (χ2v) is 5.31. The maximum absolute atomic E-state index is 13.1. The average Bonchev–Trinajstić information content (AvgIpc) is 2.55. The fraction of sp³-hybridized carbons (Fsp3) is 0.0625. The molecule has 0 aliphatic heterocycles. The molecule has 0 atom stereocenters. The number of halogens is 4. The first kappa shape index (κ1) is 16.2. The first-order valence-electron chi connectivity index (χ1n) is 6.74. The number of benzene rings is 1. The van der Waals surface area contributed by atoms with E-state index in [0.717, 1.165) is 12.1 Å². The maximum Gasteiger partial charge on any atom is 0.417 e. The third-order valence-corrected chi connectivity index (χ3v) is 3.62. The summed E-state index contributed by atoms with van der Waals surface area (Å²) in [6.07, 6.45) is -3.08. The smallest absolute Gasteiger partial charge is 0.268 e. The number of pyridine rings is 1. The third kappa shape index (κ3) is 3.16. The molecule has 0 unspecified atom stereocenters. The van der Waals surface area contributed by atoms with E-state index in [4.69, 9.17) is 11.6 Å². The summed E-state index contributed by atoms with van der Waals surface area (Å²) in [4.78, 5) is 15.7. The van der Waals surface area contributed by atoms with Gasteiger partial charge in [0.15, 0.2) is 0 Å². The zero-order valence-electron chi connectivity index (χ0n) is 11.9. The van der Waals surface area contributed by atoms with Crippen LogP contribution in [-0.4, -0.2) is 15.2 Å². The van der Waals surface area contributed by atoms with Crippen LogP contribution in [0.2, 0.25) is 5.02 Å². The summed E-state index contributed by atoms with van der Waals surface area (Å²) in [7, 11) is 0. The Bertz CT molecular complexity index is 939. The number of aromatic nitrogens is 3. The summed E-state index contributed by atoms with van der Waals surface area (Å²) in [6.45, 7) is 0. The highest BCUT2D eigenvalue weighted by Crippen LogP contribution is 2.38. The van der Waals surface area contributed by atoms with Crippen LogP contribution in [0.5, 0.6) is 0 Å². The van der Waals surface area contributed by atoms with Gasteiger partial charge < -0.3 is 0 Å². The fourth-order valence-electron chi connectivity index (χ4n) is 2.23. The lowest BCUT2D eigenvalue weighted by molar-refractivity contribution is -0.137. The van der Waals surface area contributed by atoms with Crippen molar-refractivity contribution in [3.63, 3.8) is 0 Å². The number of hydrogen-bond donors (Lipinski definition) is 1. The molecule has 0 saturated carbocycles. The molecule has 0 aliphatic rings. The van der Waals surface area contributed by atoms with Crippen LogP contribution in [-0.2, 0) is 6.18 Å². The van der Waals surface area contributed by atoms with Gasteiger partial charge in [-0.1, -0.05) is 23.7 Å². The zero-order chi connectivity index (χ0) is 17.3. The van der Waals surface area contributed by atoms with Crippen LogP contribution in [0.25, 0.3) is 22.5 Å². The van der Waals surface area contributed by atoms with Crippen LogP contribution in [0.3, 0.4) is 0 Å². The highest BCUT2D eigenvalue weighted by molar-refractivity contribution is 6.31. The van der Waals surface area contributed by atoms with E-state index in [1.54, 1.807) is 18.2 Å². The Labute approximate surface area is 138 Å². The summed E-state index contributed by atoms with van der Waals surface area (Å²) in [5, 5.41) is 5.72. The fourth-order valence-corrected chi connectivity index (χ4v) is 2.45. The Balaban J connectivity index is 2.23. The van der Waals surface area contributed by atoms with Crippen molar-refractivity contribution in [2.45, 2.75) is 6.18 Å². The predicted octanol–water partition coefficient (Wildman–Crippen LogP) is 4.17. The van der Waals surface area contributed by atoms with Crippen LogP contribution in [0.1, 0.15) is 5.56 Å². The van der Waals surface area contributed by atoms with E-state index in [1.807, 2.05) is 0 Å². The van der Waals surface area contributed by atoms with Crippen LogP contribution >= 0.6 is 11.6 Å². The quantitative estimate of drug-likeness (QED) is 0.753. The Morgan fingerprint density at radius 2 is 1.88 bits per heavy atom. The molecule has 3 aromatic rings. The van der Waals surface area contributed by atoms with E-state index < -0.39 is 22.3 Å². The van der Waals surface area contributed by atoms with Crippen molar-refractivity contribution < 1.29 is 13.2 Å². The van der Waals surface area contributed by atoms with Crippen molar-refractivity contribution in [3.05, 3.63) is 69.6 Å². The summed E-state index contributed by atoms with van der Waals surface area (Å²) in [5.74, 6) is 0. The SMILES string of the molecule is O=c1cc(-c2ccccn2)c(-c2ccc(Cl)c(C(F)(F)F)c2)n[nH]1. The summed E-state index contributed by atoms with van der Waals surface area (Å²) in [6, 6.07) is 9.73. The number of hydrogen-bond acceptors (Lipinski definition) is 3. The molecule has 8 heteroatoms. The minimum atomic E-state index is -4.60. The van der Waals surface area contributed by atoms with Gasteiger partial charge in [0.25, 0.3) is 5.56 Å². The van der Waals surface area contributed by atoms with Crippen molar-refractivity contribution in [3.8, 4) is 22.5 Å². The molecule has 4 nitrogen and oxygen atoms in total. The Morgan fingerprint density at radius 1 is 1.08 bits per heavy atom. The monoisotopic (exact) mass is 351 g/mol. The van der Waals surface area contributed by atoms with Gasteiger partial charge in [-0.05, 0) is 24.3 Å². The minimum Gasteiger partial charge on any atom is -0.268 e. The summed E-state index contributed by atoms with van der Waals surface area (Å²) in [5.41, 5.74) is -0.352. The normalized spacial score (nSPS) is 11.5. The van der Waals surface area contributed by atoms with Crippen molar-refractivity contribution in [2.24, 2.45) is 0 Å². The molecule has 0 radical (unpaired) electrons. The van der Waals surface area contributed by atoms with Crippen LogP contribution in [0.4, 0.5) is 13.2 Å². The number of nitrogens with one attached hydrogen (secondary N) is 1. The molecule has 2 heterocycles. The number of nitrogens with zero attached hydrogens (tertiary/aromatic N) is 2. The number of H-pyrrole nitrogens is 1. The van der Waals surface area contributed by atoms with Gasteiger partial charge in [-0.2, -0.15) is 18.3 Å². The van der Waals surface area contributed by atoms with Gasteiger partial charge in [0.2, 0.25) is 0 Å². The molecular formula is C16H9ClF3N3O. The Morgan fingerprint density at radius 3 is 2.54 bits per heavy atom. The van der Waals surface area contributed by atoms with Crippen LogP contribution in [0, 0.1) is 0 Å². The maximum atomic E-state index is 13.1. The second-order valence-electron chi connectivity index (χ2n) is 4.90. The van der Waals surface area contributed by atoms with Gasteiger partial charge in [-0.15, -0.1) is 0 Å². The number of rotatable bonds is 2. The third-order valence-electron chi connectivity index (χ3n) is 3.29. The second kappa shape index (κ2) is 6.09. The van der Waals surface area contributed by atoms with Gasteiger partial charge >= 0.3 is 6.18 Å². The van der Waals surface area contributed by atoms with E-state index >= 15 is 0 Å². The zero-order valence-corrected chi connectivity index (χ0v) is 12.7. The van der Waals surface area contributed by atoms with Crippen LogP contribution in [0.15, 0.2) is 53.5 Å². The highest BCUT2D eigenvalue weighted by atomic mass is 35.5. The molecule has 0 amide bonds. The van der Waals surface area contributed by atoms with Crippen molar-refractivity contribution in [2.75, 3.05) is 0 Å². The molecule has 0 spiro atoms. The number of aromatic amines is 1. The molecule has 24 heavy (non-hydrogen) atoms. The largest absolute Gasteiger partial charge is 0.417 e. The molecule has 1 aromatic carbocycles. The first-order chi connectivity index (χ1) is 11.4. The predicted molar refractivity (Wildman–Crippen MR) is 83.5 cm³/mol. The lowest BCUT2D eigenvalue weighted by Crippen LogP contribution is -2.10. The molecule has 0 saturated heterocycles. The summed E-state index contributed by atoms with van der Waals surface area (Å²) >= 11 is 5.64. The molecule has 0 fully saturated rings. The van der Waals surface area contributed by atoms with Gasteiger partial charge in [-0.25, -0.2) is 5.10 Å². The first-order valence-corrected chi connectivity index (χ1v) is 7.12. The van der Waals surface area contributed by atoms with E-state index in [-0.39, 0.29) is 11.3 Å². The van der Waals surface area contributed by atoms with Crippen molar-refractivity contribution in [1.29, 1.82) is 0 Å². The Hall–Kier alpha value is -2.67. The lowest BCUT2D eigenvalue weighted by Gasteiger charge is -2.12. The average molecular weight is 352 g/mol. The molecule has 0 aliphatic carbocycles. The lowest BCUT2D eigenvalue weighted by atomic mass is 10.0. The minimum absolute atomic E-state index is 0.170. The van der Waals surface area contributed by atoms with E-state index in [1.165, 1.54) is 18.3 Å². The van der Waals surface area contributed by atoms with Crippen LogP contribution < -0.4 is 5.56 Å². The molecule has 2 aromatic heterocycles. The molecular weight excluding hydrogens is 343 g/mol. The molecule has 3 rings (SSSR count). The van der Waals surface area contributed by atoms with Crippen molar-refractivity contribution >= 4 is 11.6 Å². The highest BCUT2D eigenvalue weighted by Gasteiger charge is 2.33.